The van der Waals surface area contributed by atoms with Gasteiger partial charge in [-0.25, -0.2) is 5.43 Å². The molecule has 0 aromatic carbocycles. The SMILES string of the molecule is C=CC(=O)C1CCONNC1. The number of hydrazine groups is 1. The van der Waals surface area contributed by atoms with Crippen LogP contribution in [0.1, 0.15) is 6.42 Å². The molecule has 1 atom stereocenters. The minimum absolute atomic E-state index is 0.00231. The van der Waals surface area contributed by atoms with Crippen molar-refractivity contribution in [3.8, 4) is 0 Å². The van der Waals surface area contributed by atoms with Gasteiger partial charge < -0.3 is 0 Å². The zero-order valence-corrected chi connectivity index (χ0v) is 6.30. The van der Waals surface area contributed by atoms with Gasteiger partial charge in [-0.1, -0.05) is 6.58 Å². The highest BCUT2D eigenvalue weighted by Crippen LogP contribution is 2.05. The molecule has 1 unspecified atom stereocenters. The predicted octanol–water partition coefficient (Wildman–Crippen LogP) is -0.213. The van der Waals surface area contributed by atoms with Crippen LogP contribution in [-0.4, -0.2) is 18.9 Å². The van der Waals surface area contributed by atoms with Crippen molar-refractivity contribution >= 4 is 5.78 Å². The average molecular weight is 156 g/mol. The van der Waals surface area contributed by atoms with Gasteiger partial charge in [-0.05, 0) is 12.5 Å². The van der Waals surface area contributed by atoms with Crippen LogP contribution >= 0.6 is 0 Å². The van der Waals surface area contributed by atoms with Gasteiger partial charge in [0.2, 0.25) is 0 Å². The van der Waals surface area contributed by atoms with E-state index in [4.69, 9.17) is 4.84 Å². The molecule has 1 aliphatic heterocycles. The molecule has 11 heavy (non-hydrogen) atoms. The topological polar surface area (TPSA) is 50.4 Å². The monoisotopic (exact) mass is 156 g/mol. The summed E-state index contributed by atoms with van der Waals surface area (Å²) in [5.41, 5.74) is 5.29. The Morgan fingerprint density at radius 3 is 3.27 bits per heavy atom. The molecule has 0 aromatic rings. The molecular weight excluding hydrogens is 144 g/mol. The number of allylic oxidation sites excluding steroid dienone is 1. The van der Waals surface area contributed by atoms with Crippen LogP contribution in [0.5, 0.6) is 0 Å². The Bertz CT molecular complexity index is 151. The van der Waals surface area contributed by atoms with Gasteiger partial charge in [-0.3, -0.25) is 9.63 Å². The van der Waals surface area contributed by atoms with E-state index in [0.29, 0.717) is 13.2 Å². The van der Waals surface area contributed by atoms with E-state index in [1.165, 1.54) is 6.08 Å². The molecule has 1 rings (SSSR count). The van der Waals surface area contributed by atoms with Crippen molar-refractivity contribution in [3.05, 3.63) is 12.7 Å². The van der Waals surface area contributed by atoms with Gasteiger partial charge in [0.25, 0.3) is 0 Å². The third-order valence-corrected chi connectivity index (χ3v) is 1.66. The van der Waals surface area contributed by atoms with Crippen LogP contribution in [-0.2, 0) is 9.63 Å². The lowest BCUT2D eigenvalue weighted by Crippen LogP contribution is -2.33. The van der Waals surface area contributed by atoms with Crippen LogP contribution < -0.4 is 11.0 Å². The molecule has 1 heterocycles. The smallest absolute Gasteiger partial charge is 0.159 e. The van der Waals surface area contributed by atoms with Crippen LogP contribution in [0.25, 0.3) is 0 Å². The lowest BCUT2D eigenvalue weighted by molar-refractivity contribution is -0.118. The van der Waals surface area contributed by atoms with E-state index in [1.807, 2.05) is 0 Å². The molecule has 0 aliphatic carbocycles. The summed E-state index contributed by atoms with van der Waals surface area (Å²) in [6.45, 7) is 4.58. The highest BCUT2D eigenvalue weighted by molar-refractivity contribution is 5.91. The minimum Gasteiger partial charge on any atom is -0.295 e. The van der Waals surface area contributed by atoms with E-state index in [-0.39, 0.29) is 11.7 Å². The maximum atomic E-state index is 11.1. The fourth-order valence-electron chi connectivity index (χ4n) is 0.980. The Hall–Kier alpha value is -0.710. The molecule has 0 spiro atoms. The van der Waals surface area contributed by atoms with E-state index in [0.717, 1.165) is 6.42 Å². The number of nitrogens with one attached hydrogen (secondary N) is 2. The normalized spacial score (nSPS) is 25.6. The van der Waals surface area contributed by atoms with Gasteiger partial charge in [0.05, 0.1) is 6.61 Å². The molecule has 1 aliphatic rings. The number of hydrogen-bond acceptors (Lipinski definition) is 4. The van der Waals surface area contributed by atoms with Crippen LogP contribution in [0.4, 0.5) is 0 Å². The number of carbonyl (C=O) groups excluding carboxylic acids is 1. The summed E-state index contributed by atoms with van der Waals surface area (Å²) in [7, 11) is 0. The highest BCUT2D eigenvalue weighted by Gasteiger charge is 2.16. The Labute approximate surface area is 65.5 Å². The van der Waals surface area contributed by atoms with Crippen LogP contribution in [0.15, 0.2) is 12.7 Å². The summed E-state index contributed by atoms with van der Waals surface area (Å²) in [6, 6.07) is 0. The second-order valence-corrected chi connectivity index (χ2v) is 2.42. The number of carbonyl (C=O) groups is 1. The molecule has 62 valence electrons. The minimum atomic E-state index is 0.00231. The largest absolute Gasteiger partial charge is 0.295 e. The predicted molar refractivity (Wildman–Crippen MR) is 40.4 cm³/mol. The van der Waals surface area contributed by atoms with E-state index in [1.54, 1.807) is 0 Å². The lowest BCUT2D eigenvalue weighted by atomic mass is 10.0. The first-order valence-corrected chi connectivity index (χ1v) is 3.60. The molecule has 0 amide bonds. The molecule has 4 heteroatoms. The van der Waals surface area contributed by atoms with Crippen LogP contribution in [0, 0.1) is 5.92 Å². The Morgan fingerprint density at radius 1 is 1.73 bits per heavy atom. The van der Waals surface area contributed by atoms with E-state index >= 15 is 0 Å². The fourth-order valence-corrected chi connectivity index (χ4v) is 0.980. The van der Waals surface area contributed by atoms with Gasteiger partial charge in [0.15, 0.2) is 5.78 Å². The van der Waals surface area contributed by atoms with Crippen molar-refractivity contribution in [2.75, 3.05) is 13.2 Å². The van der Waals surface area contributed by atoms with Crippen molar-refractivity contribution in [1.82, 2.24) is 11.0 Å². The van der Waals surface area contributed by atoms with Gasteiger partial charge >= 0.3 is 0 Å². The first-order valence-electron chi connectivity index (χ1n) is 3.60. The maximum absolute atomic E-state index is 11.1. The summed E-state index contributed by atoms with van der Waals surface area (Å²) in [5.74, 6) is 0.0762. The zero-order valence-electron chi connectivity index (χ0n) is 6.30. The standard InChI is InChI=1S/C7H12N2O2/c1-2-7(10)6-3-4-11-9-8-5-6/h2,6,8-9H,1,3-5H2. The first kappa shape index (κ1) is 8.39. The third kappa shape index (κ3) is 2.42. The highest BCUT2D eigenvalue weighted by atomic mass is 16.7. The van der Waals surface area contributed by atoms with Crippen molar-refractivity contribution in [1.29, 1.82) is 0 Å². The second-order valence-electron chi connectivity index (χ2n) is 2.42. The molecule has 4 nitrogen and oxygen atoms in total. The fraction of sp³-hybridized carbons (Fsp3) is 0.571. The number of ketones is 1. The Balaban J connectivity index is 2.42. The summed E-state index contributed by atoms with van der Waals surface area (Å²) in [5, 5.41) is 0. The third-order valence-electron chi connectivity index (χ3n) is 1.66. The summed E-state index contributed by atoms with van der Waals surface area (Å²) < 4.78 is 0. The molecule has 0 saturated carbocycles. The summed E-state index contributed by atoms with van der Waals surface area (Å²) in [4.78, 5) is 15.9. The van der Waals surface area contributed by atoms with Gasteiger partial charge in [0.1, 0.15) is 0 Å². The van der Waals surface area contributed by atoms with E-state index in [2.05, 4.69) is 17.6 Å². The Morgan fingerprint density at radius 2 is 2.55 bits per heavy atom. The molecule has 2 N–H and O–H groups in total. The van der Waals surface area contributed by atoms with E-state index < -0.39 is 0 Å². The van der Waals surface area contributed by atoms with Crippen LogP contribution in [0.3, 0.4) is 0 Å². The molecular formula is C7H12N2O2. The zero-order chi connectivity index (χ0) is 8.10. The van der Waals surface area contributed by atoms with Gasteiger partial charge in [0, 0.05) is 12.5 Å². The van der Waals surface area contributed by atoms with Crippen LogP contribution in [0.2, 0.25) is 0 Å². The van der Waals surface area contributed by atoms with Gasteiger partial charge in [-0.2, -0.15) is 0 Å². The quantitative estimate of drug-likeness (QED) is 0.543. The van der Waals surface area contributed by atoms with Crippen molar-refractivity contribution < 1.29 is 9.63 Å². The van der Waals surface area contributed by atoms with E-state index in [9.17, 15) is 4.79 Å². The lowest BCUT2D eigenvalue weighted by Gasteiger charge is -2.07. The number of hydrogen-bond donors (Lipinski definition) is 2. The average Bonchev–Trinajstić information content (AvgIpc) is 2.30. The summed E-state index contributed by atoms with van der Waals surface area (Å²) in [6.07, 6.45) is 2.10. The van der Waals surface area contributed by atoms with Crippen molar-refractivity contribution in [2.45, 2.75) is 6.42 Å². The maximum Gasteiger partial charge on any atom is 0.159 e. The first-order chi connectivity index (χ1) is 5.34. The molecule has 1 saturated heterocycles. The van der Waals surface area contributed by atoms with Gasteiger partial charge in [-0.15, -0.1) is 5.59 Å². The number of rotatable bonds is 2. The molecule has 1 fully saturated rings. The summed E-state index contributed by atoms with van der Waals surface area (Å²) >= 11 is 0. The molecule has 0 aromatic heterocycles. The van der Waals surface area contributed by atoms with Crippen molar-refractivity contribution in [2.24, 2.45) is 5.92 Å². The van der Waals surface area contributed by atoms with Crippen molar-refractivity contribution in [3.63, 3.8) is 0 Å². The molecule has 0 bridgehead atoms. The Kier molecular flexibility index (Phi) is 3.22. The second kappa shape index (κ2) is 4.23. The molecule has 0 radical (unpaired) electrons.